The number of aliphatic hydroxyl groups is 1. The van der Waals surface area contributed by atoms with Crippen LogP contribution in [-0.4, -0.2) is 69.9 Å². The Hall–Kier alpha value is -2.90. The number of amides is 2. The molecule has 13 heteroatoms. The van der Waals surface area contributed by atoms with Gasteiger partial charge in [-0.2, -0.15) is 9.88 Å². The SMILES string of the molecule is C=C(C)[C@@H]1CC[C@]2(C(=O)OC[C@@H]3OC(n4ccc(N(C(=O)OCC)C(=O)OCC)nc4=O)CS3)CC[C@]3(C)[C@H](CC[C@@H]4[C@@]5(C)CC[C@H](O)C(C)(C)[C@@H]5CC[C@]43C)[C@@H]12. The molecule has 5 aliphatic carbocycles. The molecule has 1 unspecified atom stereocenters. The quantitative estimate of drug-likeness (QED) is 0.153. The standard InChI is InChI=1S/C44H65N3O9S/c1-10-53-38(51)47(39(52)54-11-2)32-17-23-46(37(50)45-32)33-25-57-34(56-33)24-55-36(49)44-20-14-27(26(3)4)35(44)28-12-13-30-41(7)18-16-31(48)40(5,6)29(41)15-19-43(30,9)42(28,8)21-22-44/h17,23,27-31,33-35,48H,3,10-16,18-22,24-25H2,1-2,4-9H3/t27-,28+,29-,30+,31-,33?,34+,35+,41-,42+,43+,44-/m0/s1. The van der Waals surface area contributed by atoms with Crippen molar-refractivity contribution in [3.05, 3.63) is 34.9 Å². The van der Waals surface area contributed by atoms with Crippen LogP contribution in [0.4, 0.5) is 15.4 Å². The second-order valence-electron chi connectivity index (χ2n) is 19.4. The zero-order chi connectivity index (χ0) is 41.3. The lowest BCUT2D eigenvalue weighted by Crippen LogP contribution is -2.67. The fourth-order valence-corrected chi connectivity index (χ4v) is 14.8. The second kappa shape index (κ2) is 15.3. The molecule has 1 aromatic heterocycles. The number of anilines is 1. The molecule has 6 aliphatic rings. The minimum Gasteiger partial charge on any atom is -0.462 e. The predicted octanol–water partition coefficient (Wildman–Crippen LogP) is 8.51. The Morgan fingerprint density at radius 2 is 1.63 bits per heavy atom. The maximum atomic E-state index is 14.6. The highest BCUT2D eigenvalue weighted by Crippen LogP contribution is 2.77. The van der Waals surface area contributed by atoms with Crippen LogP contribution in [0.15, 0.2) is 29.2 Å². The minimum absolute atomic E-state index is 0.0205. The molecular weight excluding hydrogens is 747 g/mol. The number of rotatable bonds is 8. The van der Waals surface area contributed by atoms with Crippen LogP contribution in [0.1, 0.15) is 126 Å². The van der Waals surface area contributed by atoms with Crippen molar-refractivity contribution in [1.29, 1.82) is 0 Å². The van der Waals surface area contributed by atoms with Crippen LogP contribution in [-0.2, 0) is 23.7 Å². The average Bonchev–Trinajstić information content (AvgIpc) is 3.79. The van der Waals surface area contributed by atoms with Gasteiger partial charge in [0.2, 0.25) is 0 Å². The molecule has 5 saturated carbocycles. The molecule has 12 nitrogen and oxygen atoms in total. The third-order valence-electron chi connectivity index (χ3n) is 16.8. The van der Waals surface area contributed by atoms with Crippen LogP contribution in [0.2, 0.25) is 0 Å². The molecule has 2 amide bonds. The van der Waals surface area contributed by atoms with Crippen molar-refractivity contribution < 1.29 is 38.4 Å². The first-order valence-corrected chi connectivity index (χ1v) is 22.4. The summed E-state index contributed by atoms with van der Waals surface area (Å²) in [5.74, 6) is 1.99. The van der Waals surface area contributed by atoms with Crippen molar-refractivity contribution in [2.45, 2.75) is 137 Å². The summed E-state index contributed by atoms with van der Waals surface area (Å²) in [5.41, 5.74) is -0.284. The van der Waals surface area contributed by atoms with Gasteiger partial charge in [0.05, 0.1) is 24.7 Å². The van der Waals surface area contributed by atoms with E-state index in [1.54, 1.807) is 13.8 Å². The third kappa shape index (κ3) is 6.59. The molecular formula is C44H65N3O9S. The first-order valence-electron chi connectivity index (χ1n) is 21.4. The number of carbonyl (C=O) groups excluding carboxylic acids is 3. The van der Waals surface area contributed by atoms with Crippen molar-refractivity contribution >= 4 is 35.7 Å². The number of ether oxygens (including phenoxy) is 4. The smallest absolute Gasteiger partial charge is 0.425 e. The van der Waals surface area contributed by atoms with Crippen molar-refractivity contribution in [1.82, 2.24) is 9.55 Å². The van der Waals surface area contributed by atoms with Crippen LogP contribution in [0, 0.1) is 56.7 Å². The summed E-state index contributed by atoms with van der Waals surface area (Å²) in [6.07, 6.45) is 8.59. The molecule has 1 saturated heterocycles. The molecule has 0 spiro atoms. The van der Waals surface area contributed by atoms with Gasteiger partial charge >= 0.3 is 23.8 Å². The van der Waals surface area contributed by atoms with Crippen molar-refractivity contribution in [3.63, 3.8) is 0 Å². The number of aromatic nitrogens is 2. The first kappa shape index (κ1) is 42.2. The number of aliphatic hydroxyl groups excluding tert-OH is 1. The monoisotopic (exact) mass is 811 g/mol. The molecule has 0 radical (unpaired) electrons. The van der Waals surface area contributed by atoms with E-state index in [4.69, 9.17) is 18.9 Å². The van der Waals surface area contributed by atoms with Crippen LogP contribution in [0.25, 0.3) is 0 Å². The maximum absolute atomic E-state index is 14.6. The van der Waals surface area contributed by atoms with Gasteiger partial charge in [-0.15, -0.1) is 11.8 Å². The summed E-state index contributed by atoms with van der Waals surface area (Å²) in [5, 5.41) is 11.1. The number of imide groups is 1. The summed E-state index contributed by atoms with van der Waals surface area (Å²) in [6, 6.07) is 1.37. The third-order valence-corrected chi connectivity index (χ3v) is 17.9. The second-order valence-corrected chi connectivity index (χ2v) is 20.6. The lowest BCUT2D eigenvalue weighted by Gasteiger charge is -2.72. The molecule has 57 heavy (non-hydrogen) atoms. The highest BCUT2D eigenvalue weighted by atomic mass is 32.2. The van der Waals surface area contributed by atoms with Crippen LogP contribution < -0.4 is 10.6 Å². The zero-order valence-corrected chi connectivity index (χ0v) is 36.2. The van der Waals surface area contributed by atoms with Gasteiger partial charge in [-0.1, -0.05) is 46.8 Å². The molecule has 316 valence electrons. The summed E-state index contributed by atoms with van der Waals surface area (Å²) >= 11 is 1.47. The number of fused-ring (bicyclic) bond motifs is 7. The number of esters is 1. The predicted molar refractivity (Wildman–Crippen MR) is 217 cm³/mol. The van der Waals surface area contributed by atoms with E-state index in [9.17, 15) is 24.3 Å². The fraction of sp³-hybridized carbons (Fsp3) is 0.795. The van der Waals surface area contributed by atoms with Gasteiger partial charge in [-0.05, 0) is 142 Å². The van der Waals surface area contributed by atoms with Gasteiger partial charge < -0.3 is 24.1 Å². The van der Waals surface area contributed by atoms with E-state index in [2.05, 4.69) is 53.1 Å². The topological polar surface area (TPSA) is 146 Å². The molecule has 12 atom stereocenters. The Labute approximate surface area is 342 Å². The number of allylic oxidation sites excluding steroid dienone is 1. The normalized spacial score (nSPS) is 40.4. The van der Waals surface area contributed by atoms with E-state index >= 15 is 0 Å². The lowest BCUT2D eigenvalue weighted by atomic mass is 9.32. The van der Waals surface area contributed by atoms with Gasteiger partial charge in [0.1, 0.15) is 18.3 Å². The zero-order valence-electron chi connectivity index (χ0n) is 35.3. The molecule has 1 aromatic rings. The minimum atomic E-state index is -0.996. The highest BCUT2D eigenvalue weighted by Gasteiger charge is 2.72. The highest BCUT2D eigenvalue weighted by molar-refractivity contribution is 8.00. The van der Waals surface area contributed by atoms with Gasteiger partial charge in [0.15, 0.2) is 5.82 Å². The van der Waals surface area contributed by atoms with Crippen molar-refractivity contribution in [3.8, 4) is 0 Å². The summed E-state index contributed by atoms with van der Waals surface area (Å²) < 4.78 is 23.8. The van der Waals surface area contributed by atoms with E-state index < -0.39 is 35.0 Å². The van der Waals surface area contributed by atoms with Crippen molar-refractivity contribution in [2.24, 2.45) is 56.7 Å². The van der Waals surface area contributed by atoms with Gasteiger partial charge in [-0.3, -0.25) is 9.36 Å². The number of nitrogens with zero attached hydrogens (tertiary/aromatic N) is 3. The van der Waals surface area contributed by atoms with E-state index in [1.807, 2.05) is 0 Å². The van der Waals surface area contributed by atoms with Crippen LogP contribution in [0.5, 0.6) is 0 Å². The van der Waals surface area contributed by atoms with Gasteiger partial charge in [0, 0.05) is 11.9 Å². The van der Waals surface area contributed by atoms with E-state index in [0.29, 0.717) is 28.4 Å². The van der Waals surface area contributed by atoms with Crippen molar-refractivity contribution in [2.75, 3.05) is 30.5 Å². The Balaban J connectivity index is 1.06. The molecule has 7 rings (SSSR count). The molecule has 2 heterocycles. The van der Waals surface area contributed by atoms with Crippen LogP contribution >= 0.6 is 11.8 Å². The molecule has 0 aromatic carbocycles. The van der Waals surface area contributed by atoms with E-state index in [0.717, 1.165) is 64.2 Å². The van der Waals surface area contributed by atoms with E-state index in [1.165, 1.54) is 34.2 Å². The summed E-state index contributed by atoms with van der Waals surface area (Å²) in [4.78, 5) is 57.5. The van der Waals surface area contributed by atoms with Crippen LogP contribution in [0.3, 0.4) is 0 Å². The number of thioether (sulfide) groups is 1. The Morgan fingerprint density at radius 3 is 2.28 bits per heavy atom. The average molecular weight is 812 g/mol. The maximum Gasteiger partial charge on any atom is 0.425 e. The largest absolute Gasteiger partial charge is 0.462 e. The molecule has 1 N–H and O–H groups in total. The Morgan fingerprint density at radius 1 is 0.930 bits per heavy atom. The molecule has 0 bridgehead atoms. The lowest BCUT2D eigenvalue weighted by molar-refractivity contribution is -0.248. The van der Waals surface area contributed by atoms with Gasteiger partial charge in [-0.25, -0.2) is 14.4 Å². The molecule has 6 fully saturated rings. The summed E-state index contributed by atoms with van der Waals surface area (Å²) in [7, 11) is 0. The number of hydrogen-bond donors (Lipinski definition) is 1. The number of carbonyl (C=O) groups is 3. The Kier molecular flexibility index (Phi) is 11.3. The first-order chi connectivity index (χ1) is 26.9. The summed E-state index contributed by atoms with van der Waals surface area (Å²) in [6.45, 7) is 22.3. The van der Waals surface area contributed by atoms with Gasteiger partial charge in [0.25, 0.3) is 0 Å². The number of hydrogen-bond acceptors (Lipinski definition) is 11. The van der Waals surface area contributed by atoms with E-state index in [-0.39, 0.29) is 71.2 Å². The molecule has 1 aliphatic heterocycles. The fourth-order valence-electron chi connectivity index (χ4n) is 13.8. The Bertz CT molecular complexity index is 1800.